The molecule has 1 N–H and O–H groups in total. The highest BCUT2D eigenvalue weighted by Crippen LogP contribution is 2.27. The van der Waals surface area contributed by atoms with Gasteiger partial charge in [0.15, 0.2) is 0 Å². The number of hydrogen-bond acceptors (Lipinski definition) is 6. The van der Waals surface area contributed by atoms with Gasteiger partial charge in [0.1, 0.15) is 4.83 Å². The van der Waals surface area contributed by atoms with Crippen LogP contribution < -0.4 is 10.9 Å². The third kappa shape index (κ3) is 4.43. The van der Waals surface area contributed by atoms with E-state index in [-0.39, 0.29) is 17.9 Å². The molecule has 3 aromatic heterocycles. The van der Waals surface area contributed by atoms with Crippen molar-refractivity contribution < 1.29 is 4.79 Å². The number of thiazole rings is 1. The first-order valence-corrected chi connectivity index (χ1v) is 11.9. The van der Waals surface area contributed by atoms with Gasteiger partial charge in [0.25, 0.3) is 5.56 Å². The molecule has 29 heavy (non-hydrogen) atoms. The lowest BCUT2D eigenvalue weighted by molar-refractivity contribution is -0.121. The Bertz CT molecular complexity index is 1070. The molecule has 0 fully saturated rings. The topological polar surface area (TPSA) is 76.9 Å². The van der Waals surface area contributed by atoms with Gasteiger partial charge in [-0.3, -0.25) is 14.2 Å². The molecule has 0 unspecified atom stereocenters. The number of thiophene rings is 1. The number of nitrogens with zero attached hydrogens (tertiary/aromatic N) is 3. The maximum absolute atomic E-state index is 12.7. The van der Waals surface area contributed by atoms with Crippen LogP contribution >= 0.6 is 22.7 Å². The summed E-state index contributed by atoms with van der Waals surface area (Å²) in [6.07, 6.45) is 8.46. The highest BCUT2D eigenvalue weighted by molar-refractivity contribution is 7.18. The summed E-state index contributed by atoms with van der Waals surface area (Å²) in [5.74, 6) is -0.0337. The van der Waals surface area contributed by atoms with Gasteiger partial charge in [-0.2, -0.15) is 0 Å². The zero-order chi connectivity index (χ0) is 20.4. The van der Waals surface area contributed by atoms with Crippen LogP contribution in [0, 0.1) is 13.8 Å². The van der Waals surface area contributed by atoms with Gasteiger partial charge >= 0.3 is 0 Å². The van der Waals surface area contributed by atoms with Gasteiger partial charge in [0.2, 0.25) is 5.91 Å². The van der Waals surface area contributed by atoms with Crippen molar-refractivity contribution in [2.75, 3.05) is 6.54 Å². The summed E-state index contributed by atoms with van der Waals surface area (Å²) in [5.41, 5.74) is 2.23. The highest BCUT2D eigenvalue weighted by atomic mass is 32.1. The Morgan fingerprint density at radius 2 is 2.07 bits per heavy atom. The summed E-state index contributed by atoms with van der Waals surface area (Å²) in [5, 5.41) is 4.84. The molecule has 0 atom stereocenters. The average Bonchev–Trinajstić information content (AvgIpc) is 3.25. The molecule has 1 aliphatic rings. The van der Waals surface area contributed by atoms with E-state index in [2.05, 4.69) is 10.3 Å². The fourth-order valence-corrected chi connectivity index (χ4v) is 5.91. The van der Waals surface area contributed by atoms with Crippen molar-refractivity contribution in [3.63, 3.8) is 0 Å². The lowest BCUT2D eigenvalue weighted by Gasteiger charge is -2.07. The summed E-state index contributed by atoms with van der Waals surface area (Å²) in [6.45, 7) is 4.94. The van der Waals surface area contributed by atoms with E-state index in [1.807, 2.05) is 25.2 Å². The van der Waals surface area contributed by atoms with E-state index < -0.39 is 0 Å². The second-order valence-electron chi connectivity index (χ2n) is 7.59. The predicted molar refractivity (Wildman–Crippen MR) is 118 cm³/mol. The van der Waals surface area contributed by atoms with Gasteiger partial charge in [-0.05, 0) is 51.5 Å². The van der Waals surface area contributed by atoms with Crippen LogP contribution in [-0.4, -0.2) is 27.0 Å². The summed E-state index contributed by atoms with van der Waals surface area (Å²) in [4.78, 5) is 37.3. The molecule has 0 saturated heterocycles. The second-order valence-corrected chi connectivity index (χ2v) is 9.97. The van der Waals surface area contributed by atoms with E-state index in [0.29, 0.717) is 18.5 Å². The molecule has 8 heteroatoms. The van der Waals surface area contributed by atoms with Crippen LogP contribution in [0.2, 0.25) is 0 Å². The molecule has 6 nitrogen and oxygen atoms in total. The summed E-state index contributed by atoms with van der Waals surface area (Å²) in [6, 6.07) is 0. The monoisotopic (exact) mass is 430 g/mol. The number of amides is 1. The molecule has 4 rings (SSSR count). The zero-order valence-electron chi connectivity index (χ0n) is 16.9. The average molecular weight is 431 g/mol. The number of aromatic nitrogens is 3. The van der Waals surface area contributed by atoms with E-state index in [4.69, 9.17) is 4.98 Å². The highest BCUT2D eigenvalue weighted by Gasteiger charge is 2.15. The van der Waals surface area contributed by atoms with E-state index >= 15 is 0 Å². The molecule has 0 saturated carbocycles. The third-order valence-corrected chi connectivity index (χ3v) is 7.85. The minimum absolute atomic E-state index is 0.0337. The first kappa shape index (κ1) is 20.2. The van der Waals surface area contributed by atoms with Gasteiger partial charge in [0, 0.05) is 35.7 Å². The first-order valence-electron chi connectivity index (χ1n) is 10.2. The van der Waals surface area contributed by atoms with E-state index in [0.717, 1.165) is 34.5 Å². The number of aryl methyl sites for hydroxylation is 6. The predicted octanol–water partition coefficient (Wildman–Crippen LogP) is 3.55. The molecule has 154 valence electrons. The Labute approximate surface area is 178 Å². The second kappa shape index (κ2) is 8.75. The molecule has 3 aromatic rings. The van der Waals surface area contributed by atoms with Crippen molar-refractivity contribution in [2.45, 2.75) is 65.3 Å². The summed E-state index contributed by atoms with van der Waals surface area (Å²) in [7, 11) is 0. The Hall–Kier alpha value is -2.06. The Balaban J connectivity index is 1.25. The van der Waals surface area contributed by atoms with Crippen LogP contribution in [0.25, 0.3) is 10.2 Å². The van der Waals surface area contributed by atoms with Crippen molar-refractivity contribution in [1.29, 1.82) is 0 Å². The van der Waals surface area contributed by atoms with E-state index in [9.17, 15) is 9.59 Å². The van der Waals surface area contributed by atoms with Crippen LogP contribution in [0.5, 0.6) is 0 Å². The summed E-state index contributed by atoms with van der Waals surface area (Å²) >= 11 is 3.38. The number of carbonyl (C=O) groups is 1. The zero-order valence-corrected chi connectivity index (χ0v) is 18.5. The van der Waals surface area contributed by atoms with Gasteiger partial charge in [-0.25, -0.2) is 9.97 Å². The quantitative estimate of drug-likeness (QED) is 0.582. The number of hydrogen-bond donors (Lipinski definition) is 1. The maximum Gasteiger partial charge on any atom is 0.262 e. The molecule has 0 radical (unpaired) electrons. The van der Waals surface area contributed by atoms with E-state index in [1.54, 1.807) is 10.9 Å². The molecular formula is C21H26N4O2S2. The molecule has 1 amide bonds. The lowest BCUT2D eigenvalue weighted by atomic mass is 10.0. The van der Waals surface area contributed by atoms with Gasteiger partial charge in [-0.15, -0.1) is 22.7 Å². The molecule has 0 aliphatic heterocycles. The minimum Gasteiger partial charge on any atom is -0.356 e. The Morgan fingerprint density at radius 3 is 2.90 bits per heavy atom. The fraction of sp³-hybridized carbons (Fsp3) is 0.524. The molecule has 3 heterocycles. The minimum atomic E-state index is -0.0580. The van der Waals surface area contributed by atoms with Crippen LogP contribution in [-0.2, 0) is 30.6 Å². The largest absolute Gasteiger partial charge is 0.356 e. The smallest absolute Gasteiger partial charge is 0.262 e. The van der Waals surface area contributed by atoms with Crippen LogP contribution in [0.15, 0.2) is 11.1 Å². The van der Waals surface area contributed by atoms with Crippen molar-refractivity contribution in [3.8, 4) is 0 Å². The first-order chi connectivity index (χ1) is 14.0. The number of carbonyl (C=O) groups excluding carboxylic acids is 1. The number of rotatable bonds is 7. The Morgan fingerprint density at radius 1 is 1.24 bits per heavy atom. The third-order valence-electron chi connectivity index (χ3n) is 5.52. The molecule has 0 bridgehead atoms. The van der Waals surface area contributed by atoms with Gasteiger partial charge in [0.05, 0.1) is 22.4 Å². The summed E-state index contributed by atoms with van der Waals surface area (Å²) < 4.78 is 1.54. The Kier molecular flexibility index (Phi) is 6.10. The van der Waals surface area contributed by atoms with E-state index in [1.165, 1.54) is 46.2 Å². The van der Waals surface area contributed by atoms with Crippen molar-refractivity contribution in [2.24, 2.45) is 0 Å². The standard InChI is InChI=1S/C21H26N4O2S2/c1-13-14(2)28-20-19(13)21(27)25(12-23-20)11-9-17(26)22-10-5-8-18-24-15-6-3-4-7-16(15)29-18/h12H,3-11H2,1-2H3,(H,22,26). The molecule has 0 spiro atoms. The molecular weight excluding hydrogens is 404 g/mol. The lowest BCUT2D eigenvalue weighted by Crippen LogP contribution is -2.28. The van der Waals surface area contributed by atoms with Crippen LogP contribution in [0.3, 0.4) is 0 Å². The number of nitrogens with one attached hydrogen (secondary N) is 1. The van der Waals surface area contributed by atoms with Crippen molar-refractivity contribution >= 4 is 38.8 Å². The van der Waals surface area contributed by atoms with Gasteiger partial charge in [-0.1, -0.05) is 0 Å². The van der Waals surface area contributed by atoms with Crippen molar-refractivity contribution in [3.05, 3.63) is 42.7 Å². The van der Waals surface area contributed by atoms with Crippen LogP contribution in [0.1, 0.15) is 51.7 Å². The van der Waals surface area contributed by atoms with Crippen molar-refractivity contribution in [1.82, 2.24) is 19.9 Å². The van der Waals surface area contributed by atoms with Gasteiger partial charge < -0.3 is 5.32 Å². The fourth-order valence-electron chi connectivity index (χ4n) is 3.72. The SMILES string of the molecule is Cc1sc2ncn(CCC(=O)NCCCc3nc4c(s3)CCCC4)c(=O)c2c1C. The van der Waals surface area contributed by atoms with Crippen LogP contribution in [0.4, 0.5) is 0 Å². The maximum atomic E-state index is 12.7. The number of fused-ring (bicyclic) bond motifs is 2. The molecule has 1 aliphatic carbocycles. The molecule has 0 aromatic carbocycles. The normalized spacial score (nSPS) is 13.6.